The zero-order chi connectivity index (χ0) is 16.2. The summed E-state index contributed by atoms with van der Waals surface area (Å²) >= 11 is 1.44. The topological polar surface area (TPSA) is 61.8 Å². The molecule has 118 valence electrons. The van der Waals surface area contributed by atoms with E-state index in [2.05, 4.69) is 22.1 Å². The first-order valence-electron chi connectivity index (χ1n) is 7.49. The number of aliphatic hydroxyl groups is 1. The third-order valence-corrected chi connectivity index (χ3v) is 4.55. The molecule has 0 bridgehead atoms. The van der Waals surface area contributed by atoms with Crippen molar-refractivity contribution in [3.63, 3.8) is 0 Å². The van der Waals surface area contributed by atoms with Gasteiger partial charge in [0.2, 0.25) is 5.16 Å². The van der Waals surface area contributed by atoms with Gasteiger partial charge in [-0.1, -0.05) is 71.4 Å². The van der Waals surface area contributed by atoms with E-state index in [1.54, 1.807) is 0 Å². The van der Waals surface area contributed by atoms with Crippen LogP contribution in [0.25, 0.3) is 11.4 Å². The van der Waals surface area contributed by atoms with Crippen molar-refractivity contribution in [2.75, 3.05) is 5.75 Å². The maximum absolute atomic E-state index is 10.2. The van der Waals surface area contributed by atoms with E-state index in [9.17, 15) is 5.11 Å². The fourth-order valence-corrected chi connectivity index (χ4v) is 2.96. The van der Waals surface area contributed by atoms with Crippen molar-refractivity contribution in [1.82, 2.24) is 15.2 Å². The van der Waals surface area contributed by atoms with Crippen LogP contribution in [0.3, 0.4) is 0 Å². The van der Waals surface area contributed by atoms with Crippen LogP contribution in [0.1, 0.15) is 22.8 Å². The van der Waals surface area contributed by atoms with Crippen LogP contribution >= 0.6 is 11.8 Å². The second kappa shape index (κ2) is 6.98. The minimum absolute atomic E-state index is 0.522. The quantitative estimate of drug-likeness (QED) is 0.698. The molecular formula is C18H19N3OS. The maximum Gasteiger partial charge on any atom is 0.208 e. The van der Waals surface area contributed by atoms with Crippen LogP contribution in [-0.4, -0.2) is 26.0 Å². The standard InChI is InChI=1S/C18H19N3OS/c1-12-3-7-14(8-4-12)16(22)11-23-18-19-17(20-21-18)15-9-5-13(2)6-10-15/h3-10,16,22H,11H2,1-2H3,(H,19,20,21)/t16-/m1/s1. The summed E-state index contributed by atoms with van der Waals surface area (Å²) in [7, 11) is 0. The fraction of sp³-hybridized carbons (Fsp3) is 0.222. The van der Waals surface area contributed by atoms with Gasteiger partial charge in [-0.05, 0) is 19.4 Å². The number of hydrogen-bond acceptors (Lipinski definition) is 4. The average molecular weight is 325 g/mol. The number of aromatic amines is 1. The van der Waals surface area contributed by atoms with Gasteiger partial charge >= 0.3 is 0 Å². The fourth-order valence-electron chi connectivity index (χ4n) is 2.19. The lowest BCUT2D eigenvalue weighted by atomic mass is 10.1. The molecule has 0 aliphatic rings. The van der Waals surface area contributed by atoms with Crippen LogP contribution in [-0.2, 0) is 0 Å². The Kier molecular flexibility index (Phi) is 4.79. The largest absolute Gasteiger partial charge is 0.388 e. The first-order valence-corrected chi connectivity index (χ1v) is 8.47. The molecule has 0 saturated heterocycles. The Labute approximate surface area is 140 Å². The highest BCUT2D eigenvalue weighted by atomic mass is 32.2. The van der Waals surface area contributed by atoms with E-state index >= 15 is 0 Å². The number of nitrogens with one attached hydrogen (secondary N) is 1. The second-order valence-electron chi connectivity index (χ2n) is 5.57. The van der Waals surface area contributed by atoms with E-state index in [-0.39, 0.29) is 0 Å². The van der Waals surface area contributed by atoms with E-state index in [1.807, 2.05) is 55.5 Å². The Morgan fingerprint density at radius 1 is 1.00 bits per heavy atom. The predicted molar refractivity (Wildman–Crippen MR) is 93.4 cm³/mol. The highest BCUT2D eigenvalue weighted by Crippen LogP contribution is 2.24. The van der Waals surface area contributed by atoms with Crippen molar-refractivity contribution >= 4 is 11.8 Å². The van der Waals surface area contributed by atoms with Crippen molar-refractivity contribution in [1.29, 1.82) is 0 Å². The third-order valence-electron chi connectivity index (χ3n) is 3.62. The number of aryl methyl sites for hydroxylation is 2. The molecule has 2 aromatic carbocycles. The van der Waals surface area contributed by atoms with Crippen molar-refractivity contribution in [2.24, 2.45) is 0 Å². The molecule has 23 heavy (non-hydrogen) atoms. The molecule has 1 heterocycles. The summed E-state index contributed by atoms with van der Waals surface area (Å²) in [5.74, 6) is 1.27. The van der Waals surface area contributed by atoms with E-state index in [4.69, 9.17) is 0 Å². The Balaban J connectivity index is 1.63. The third kappa shape index (κ3) is 4.00. The van der Waals surface area contributed by atoms with Gasteiger partial charge in [0, 0.05) is 11.3 Å². The van der Waals surface area contributed by atoms with Gasteiger partial charge in [-0.3, -0.25) is 5.10 Å². The van der Waals surface area contributed by atoms with Crippen molar-refractivity contribution in [3.8, 4) is 11.4 Å². The van der Waals surface area contributed by atoms with Crippen LogP contribution in [0.5, 0.6) is 0 Å². The smallest absolute Gasteiger partial charge is 0.208 e. The minimum atomic E-state index is -0.526. The molecule has 0 amide bonds. The maximum atomic E-state index is 10.2. The summed E-state index contributed by atoms with van der Waals surface area (Å²) in [6, 6.07) is 16.1. The summed E-state index contributed by atoms with van der Waals surface area (Å²) in [6.07, 6.45) is -0.526. The first-order chi connectivity index (χ1) is 11.1. The van der Waals surface area contributed by atoms with Crippen LogP contribution in [0, 0.1) is 13.8 Å². The van der Waals surface area contributed by atoms with Crippen LogP contribution in [0.15, 0.2) is 53.7 Å². The van der Waals surface area contributed by atoms with E-state index in [0.717, 1.165) is 17.0 Å². The number of aromatic nitrogens is 3. The molecule has 3 aromatic rings. The number of nitrogens with zero attached hydrogens (tertiary/aromatic N) is 2. The van der Waals surface area contributed by atoms with Gasteiger partial charge in [-0.15, -0.1) is 5.10 Å². The zero-order valence-electron chi connectivity index (χ0n) is 13.2. The SMILES string of the molecule is Cc1ccc(-c2nc(SC[C@@H](O)c3ccc(C)cc3)n[nH]2)cc1. The molecule has 0 radical (unpaired) electrons. The normalized spacial score (nSPS) is 12.3. The lowest BCUT2D eigenvalue weighted by Gasteiger charge is -2.09. The lowest BCUT2D eigenvalue weighted by molar-refractivity contribution is 0.204. The summed E-state index contributed by atoms with van der Waals surface area (Å²) in [4.78, 5) is 4.48. The van der Waals surface area contributed by atoms with Crippen molar-refractivity contribution in [2.45, 2.75) is 25.1 Å². The molecule has 3 rings (SSSR count). The molecule has 1 aromatic heterocycles. The van der Waals surface area contributed by atoms with Gasteiger partial charge in [0.1, 0.15) is 0 Å². The number of H-pyrrole nitrogens is 1. The Morgan fingerprint density at radius 2 is 1.61 bits per heavy atom. The molecule has 0 fully saturated rings. The van der Waals surface area contributed by atoms with Crippen LogP contribution < -0.4 is 0 Å². The van der Waals surface area contributed by atoms with Crippen molar-refractivity contribution in [3.05, 3.63) is 65.2 Å². The molecule has 0 unspecified atom stereocenters. The second-order valence-corrected chi connectivity index (χ2v) is 6.56. The first kappa shape index (κ1) is 15.8. The monoisotopic (exact) mass is 325 g/mol. The molecule has 0 spiro atoms. The number of hydrogen-bond donors (Lipinski definition) is 2. The summed E-state index contributed by atoms with van der Waals surface area (Å²) < 4.78 is 0. The molecule has 1 atom stereocenters. The average Bonchev–Trinajstić information content (AvgIpc) is 3.03. The molecule has 0 saturated carbocycles. The number of thioether (sulfide) groups is 1. The molecule has 0 aliphatic carbocycles. The number of aliphatic hydroxyl groups excluding tert-OH is 1. The van der Waals surface area contributed by atoms with Crippen LogP contribution in [0.4, 0.5) is 0 Å². The van der Waals surface area contributed by atoms with E-state index < -0.39 is 6.10 Å². The van der Waals surface area contributed by atoms with Crippen molar-refractivity contribution < 1.29 is 5.11 Å². The Hall–Kier alpha value is -2.11. The summed E-state index contributed by atoms with van der Waals surface area (Å²) in [6.45, 7) is 4.09. The zero-order valence-corrected chi connectivity index (χ0v) is 14.0. The van der Waals surface area contributed by atoms with Gasteiger partial charge in [0.05, 0.1) is 6.10 Å². The van der Waals surface area contributed by atoms with Gasteiger partial charge in [-0.25, -0.2) is 4.98 Å². The van der Waals surface area contributed by atoms with Gasteiger partial charge < -0.3 is 5.11 Å². The number of benzene rings is 2. The molecule has 2 N–H and O–H groups in total. The van der Waals surface area contributed by atoms with E-state index in [0.29, 0.717) is 10.9 Å². The molecule has 5 heteroatoms. The Morgan fingerprint density at radius 3 is 2.26 bits per heavy atom. The highest BCUT2D eigenvalue weighted by molar-refractivity contribution is 7.99. The lowest BCUT2D eigenvalue weighted by Crippen LogP contribution is -2.00. The van der Waals surface area contributed by atoms with Gasteiger partial charge in [0.25, 0.3) is 0 Å². The summed E-state index contributed by atoms with van der Waals surface area (Å²) in [5, 5.41) is 18.0. The molecule has 0 aliphatic heterocycles. The molecule has 4 nitrogen and oxygen atoms in total. The Bertz CT molecular complexity index is 766. The van der Waals surface area contributed by atoms with E-state index in [1.165, 1.54) is 22.9 Å². The minimum Gasteiger partial charge on any atom is -0.388 e. The summed E-state index contributed by atoms with van der Waals surface area (Å²) in [5.41, 5.74) is 4.32. The number of rotatable bonds is 5. The highest BCUT2D eigenvalue weighted by Gasteiger charge is 2.11. The van der Waals surface area contributed by atoms with Gasteiger partial charge in [0.15, 0.2) is 5.82 Å². The molecular weight excluding hydrogens is 306 g/mol. The van der Waals surface area contributed by atoms with Gasteiger partial charge in [-0.2, -0.15) is 0 Å². The predicted octanol–water partition coefficient (Wildman–Crippen LogP) is 3.91. The van der Waals surface area contributed by atoms with Crippen LogP contribution in [0.2, 0.25) is 0 Å².